The van der Waals surface area contributed by atoms with Crippen LogP contribution in [0, 0.1) is 13.8 Å². The van der Waals surface area contributed by atoms with E-state index in [9.17, 15) is 18.0 Å². The smallest absolute Gasteiger partial charge is 0.339 e. The van der Waals surface area contributed by atoms with Crippen LogP contribution in [0.1, 0.15) is 49.4 Å². The normalized spacial score (nSPS) is 11.5. The Morgan fingerprint density at radius 1 is 1.03 bits per heavy atom. The van der Waals surface area contributed by atoms with Crippen LogP contribution >= 0.6 is 0 Å². The van der Waals surface area contributed by atoms with Crippen LogP contribution in [0.4, 0.5) is 5.69 Å². The minimum Gasteiger partial charge on any atom is -0.492 e. The number of aromatic nitrogens is 1. The molecule has 0 aliphatic heterocycles. The zero-order valence-electron chi connectivity index (χ0n) is 20.1. The van der Waals surface area contributed by atoms with Gasteiger partial charge in [-0.25, -0.2) is 13.2 Å². The van der Waals surface area contributed by atoms with Crippen molar-refractivity contribution in [3.63, 3.8) is 0 Å². The fourth-order valence-corrected chi connectivity index (χ4v) is 5.04. The molecule has 0 atom stereocenters. The van der Waals surface area contributed by atoms with Gasteiger partial charge in [0, 0.05) is 24.5 Å². The van der Waals surface area contributed by atoms with Gasteiger partial charge in [0.2, 0.25) is 15.9 Å². The molecule has 1 N–H and O–H groups in total. The van der Waals surface area contributed by atoms with Gasteiger partial charge in [-0.15, -0.1) is 0 Å². The average molecular weight is 480 g/mol. The number of carbonyl (C=O) groups is 2. The Kier molecular flexibility index (Phi) is 9.07. The third kappa shape index (κ3) is 5.94. The van der Waals surface area contributed by atoms with Gasteiger partial charge in [-0.05, 0) is 52.0 Å². The van der Waals surface area contributed by atoms with Gasteiger partial charge in [-0.1, -0.05) is 13.8 Å². The summed E-state index contributed by atoms with van der Waals surface area (Å²) in [4.78, 5) is 25.1. The zero-order valence-corrected chi connectivity index (χ0v) is 20.9. The number of sulfonamides is 1. The Bertz CT molecular complexity index is 1100. The number of hydrogen-bond acceptors (Lipinski definition) is 6. The number of benzene rings is 1. The van der Waals surface area contributed by atoms with Crippen molar-refractivity contribution in [1.82, 2.24) is 8.87 Å². The fourth-order valence-electron chi connectivity index (χ4n) is 3.55. The Labute approximate surface area is 195 Å². The maximum Gasteiger partial charge on any atom is 0.339 e. The Morgan fingerprint density at radius 3 is 2.27 bits per heavy atom. The number of nitrogens with one attached hydrogen (secondary N) is 1. The average Bonchev–Trinajstić information content (AvgIpc) is 3.04. The maximum atomic E-state index is 12.9. The van der Waals surface area contributed by atoms with E-state index in [1.807, 2.05) is 0 Å². The van der Waals surface area contributed by atoms with E-state index in [2.05, 4.69) is 5.32 Å². The number of anilines is 1. The summed E-state index contributed by atoms with van der Waals surface area (Å²) in [6.07, 6.45) is 0. The van der Waals surface area contributed by atoms with Crippen molar-refractivity contribution in [3.8, 4) is 5.75 Å². The van der Waals surface area contributed by atoms with E-state index in [0.717, 1.165) is 5.69 Å². The van der Waals surface area contributed by atoms with Crippen molar-refractivity contribution in [3.05, 3.63) is 41.2 Å². The van der Waals surface area contributed by atoms with E-state index in [1.54, 1.807) is 58.2 Å². The molecule has 33 heavy (non-hydrogen) atoms. The summed E-state index contributed by atoms with van der Waals surface area (Å²) in [5, 5.41) is 2.77. The number of hydrogen-bond donors (Lipinski definition) is 1. The van der Waals surface area contributed by atoms with Crippen LogP contribution in [0.25, 0.3) is 0 Å². The number of rotatable bonds is 11. The van der Waals surface area contributed by atoms with E-state index in [1.165, 1.54) is 16.4 Å². The molecule has 0 aliphatic rings. The Balaban J connectivity index is 2.34. The molecule has 1 aromatic carbocycles. The van der Waals surface area contributed by atoms with Crippen LogP contribution in [-0.4, -0.2) is 55.5 Å². The molecule has 0 spiro atoms. The number of carbonyl (C=O) groups excluding carboxylic acids is 2. The summed E-state index contributed by atoms with van der Waals surface area (Å²) < 4.78 is 39.6. The SMILES string of the molecule is CCOC(=O)c1cc(C)n(CC(=O)Nc2cc(S(=O)(=O)N(CC)CC)ccc2OCC)c1C. The molecule has 1 heterocycles. The maximum absolute atomic E-state index is 12.9. The Hall–Kier alpha value is -2.85. The van der Waals surface area contributed by atoms with Crippen LogP contribution < -0.4 is 10.1 Å². The van der Waals surface area contributed by atoms with Gasteiger partial charge < -0.3 is 19.4 Å². The van der Waals surface area contributed by atoms with Crippen molar-refractivity contribution in [1.29, 1.82) is 0 Å². The fraction of sp³-hybridized carbons (Fsp3) is 0.478. The molecule has 182 valence electrons. The summed E-state index contributed by atoms with van der Waals surface area (Å²) in [5.41, 5.74) is 2.02. The van der Waals surface area contributed by atoms with Crippen molar-refractivity contribution in [2.24, 2.45) is 0 Å². The quantitative estimate of drug-likeness (QED) is 0.496. The molecule has 0 bridgehead atoms. The molecule has 0 fully saturated rings. The molecule has 0 unspecified atom stereocenters. The first-order valence-corrected chi connectivity index (χ1v) is 12.4. The van der Waals surface area contributed by atoms with E-state index in [0.29, 0.717) is 36.7 Å². The number of aryl methyl sites for hydroxylation is 1. The summed E-state index contributed by atoms with van der Waals surface area (Å²) in [5.74, 6) is -0.451. The highest BCUT2D eigenvalue weighted by molar-refractivity contribution is 7.89. The van der Waals surface area contributed by atoms with E-state index < -0.39 is 16.0 Å². The van der Waals surface area contributed by atoms with Gasteiger partial charge >= 0.3 is 5.97 Å². The zero-order chi connectivity index (χ0) is 24.8. The molecule has 0 aliphatic carbocycles. The molecule has 0 saturated heterocycles. The number of ether oxygens (including phenoxy) is 2. The molecule has 10 heteroatoms. The predicted molar refractivity (Wildman–Crippen MR) is 126 cm³/mol. The van der Waals surface area contributed by atoms with Crippen LogP contribution in [-0.2, 0) is 26.1 Å². The summed E-state index contributed by atoms with van der Waals surface area (Å²) in [7, 11) is -3.71. The van der Waals surface area contributed by atoms with Gasteiger partial charge in [-0.3, -0.25) is 4.79 Å². The van der Waals surface area contributed by atoms with Crippen molar-refractivity contribution < 1.29 is 27.5 Å². The molecular weight excluding hydrogens is 446 g/mol. The van der Waals surface area contributed by atoms with Gasteiger partial charge in [0.05, 0.1) is 29.4 Å². The summed E-state index contributed by atoms with van der Waals surface area (Å²) in [6.45, 7) is 11.8. The lowest BCUT2D eigenvalue weighted by molar-refractivity contribution is -0.116. The first-order chi connectivity index (χ1) is 15.6. The highest BCUT2D eigenvalue weighted by Crippen LogP contribution is 2.29. The summed E-state index contributed by atoms with van der Waals surface area (Å²) in [6, 6.07) is 6.11. The third-order valence-corrected chi connectivity index (χ3v) is 7.28. The van der Waals surface area contributed by atoms with Gasteiger partial charge in [0.15, 0.2) is 0 Å². The van der Waals surface area contributed by atoms with Crippen LogP contribution in [0.15, 0.2) is 29.2 Å². The number of nitrogens with zero attached hydrogens (tertiary/aromatic N) is 2. The lowest BCUT2D eigenvalue weighted by Gasteiger charge is -2.20. The lowest BCUT2D eigenvalue weighted by atomic mass is 10.2. The highest BCUT2D eigenvalue weighted by Gasteiger charge is 2.24. The molecule has 1 amide bonds. The second kappa shape index (κ2) is 11.3. The highest BCUT2D eigenvalue weighted by atomic mass is 32.2. The monoisotopic (exact) mass is 479 g/mol. The molecule has 9 nitrogen and oxygen atoms in total. The molecule has 2 aromatic rings. The van der Waals surface area contributed by atoms with Crippen LogP contribution in [0.2, 0.25) is 0 Å². The van der Waals surface area contributed by atoms with E-state index in [4.69, 9.17) is 9.47 Å². The van der Waals surface area contributed by atoms with E-state index >= 15 is 0 Å². The molecule has 0 radical (unpaired) electrons. The van der Waals surface area contributed by atoms with Crippen LogP contribution in [0.3, 0.4) is 0 Å². The van der Waals surface area contributed by atoms with Crippen molar-refractivity contribution in [2.45, 2.75) is 53.0 Å². The van der Waals surface area contributed by atoms with Gasteiger partial charge in [0.25, 0.3) is 0 Å². The van der Waals surface area contributed by atoms with Crippen molar-refractivity contribution >= 4 is 27.6 Å². The molecule has 1 aromatic heterocycles. The second-order valence-electron chi connectivity index (χ2n) is 7.32. The van der Waals surface area contributed by atoms with Gasteiger partial charge in [-0.2, -0.15) is 4.31 Å². The standard InChI is InChI=1S/C23H33N3O6S/c1-7-25(8-2)33(29,30)18-11-12-21(31-9-3)20(14-18)24-22(27)15-26-16(5)13-19(17(26)6)23(28)32-10-4/h11-14H,7-10,15H2,1-6H3,(H,24,27). The summed E-state index contributed by atoms with van der Waals surface area (Å²) >= 11 is 0. The second-order valence-corrected chi connectivity index (χ2v) is 9.26. The lowest BCUT2D eigenvalue weighted by Crippen LogP contribution is -2.30. The predicted octanol–water partition coefficient (Wildman–Crippen LogP) is 3.35. The van der Waals surface area contributed by atoms with Crippen molar-refractivity contribution in [2.75, 3.05) is 31.6 Å². The first kappa shape index (κ1) is 26.4. The van der Waals surface area contributed by atoms with Crippen LogP contribution in [0.5, 0.6) is 5.75 Å². The molecule has 0 saturated carbocycles. The first-order valence-electron chi connectivity index (χ1n) is 11.0. The van der Waals surface area contributed by atoms with Gasteiger partial charge in [0.1, 0.15) is 12.3 Å². The van der Waals surface area contributed by atoms with E-state index in [-0.39, 0.29) is 29.6 Å². The minimum atomic E-state index is -3.71. The molecule has 2 rings (SSSR count). The Morgan fingerprint density at radius 2 is 1.70 bits per heavy atom. The molecular formula is C23H33N3O6S. The third-order valence-electron chi connectivity index (χ3n) is 5.24. The topological polar surface area (TPSA) is 107 Å². The number of esters is 1. The largest absolute Gasteiger partial charge is 0.492 e. The number of amides is 1. The minimum absolute atomic E-state index is 0.0599.